The summed E-state index contributed by atoms with van der Waals surface area (Å²) in [4.78, 5) is 0. The topological polar surface area (TPSA) is 32.3 Å². The van der Waals surface area contributed by atoms with Crippen LogP contribution in [-0.4, -0.2) is 18.2 Å². The summed E-state index contributed by atoms with van der Waals surface area (Å²) in [5, 5.41) is 12.5. The summed E-state index contributed by atoms with van der Waals surface area (Å²) in [5.74, 6) is -0.127. The molecule has 0 radical (unpaired) electrons. The van der Waals surface area contributed by atoms with Gasteiger partial charge in [0.2, 0.25) is 0 Å². The Kier molecular flexibility index (Phi) is 3.66. The van der Waals surface area contributed by atoms with E-state index >= 15 is 0 Å². The van der Waals surface area contributed by atoms with Crippen LogP contribution in [0.5, 0.6) is 5.75 Å². The molecule has 0 bridgehead atoms. The van der Waals surface area contributed by atoms with Crippen molar-refractivity contribution in [3.63, 3.8) is 0 Å². The molecule has 0 saturated carbocycles. The van der Waals surface area contributed by atoms with Gasteiger partial charge in [0.1, 0.15) is 16.6 Å². The second kappa shape index (κ2) is 5.02. The van der Waals surface area contributed by atoms with Crippen molar-refractivity contribution in [1.29, 1.82) is 0 Å². The van der Waals surface area contributed by atoms with E-state index in [1.165, 1.54) is 6.07 Å². The monoisotopic (exact) mass is 243 g/mol. The van der Waals surface area contributed by atoms with Gasteiger partial charge in [-0.05, 0) is 56.0 Å². The third-order valence-corrected chi connectivity index (χ3v) is 3.43. The minimum absolute atomic E-state index is 0.161. The highest BCUT2D eigenvalue weighted by Crippen LogP contribution is 2.29. The Morgan fingerprint density at radius 2 is 2.06 bits per heavy atom. The fourth-order valence-corrected chi connectivity index (χ4v) is 2.28. The number of benzene rings is 1. The van der Waals surface area contributed by atoms with Crippen LogP contribution in [0.2, 0.25) is 5.02 Å². The maximum atomic E-state index is 13.3. The molecule has 0 aromatic heterocycles. The summed E-state index contributed by atoms with van der Waals surface area (Å²) in [7, 11) is 0. The highest BCUT2D eigenvalue weighted by molar-refractivity contribution is 6.32. The van der Waals surface area contributed by atoms with Crippen LogP contribution in [0.1, 0.15) is 18.4 Å². The summed E-state index contributed by atoms with van der Waals surface area (Å²) in [5.41, 5.74) is 0.825. The molecular weight excluding hydrogens is 229 g/mol. The quantitative estimate of drug-likeness (QED) is 0.837. The van der Waals surface area contributed by atoms with E-state index < -0.39 is 5.82 Å². The van der Waals surface area contributed by atoms with Gasteiger partial charge in [0.05, 0.1) is 0 Å². The standard InChI is InChI=1S/C12H15ClFNO/c13-12-10(14)6-9(7-11(12)16)5-8-1-3-15-4-2-8/h6-8,15-16H,1-5H2. The van der Waals surface area contributed by atoms with Gasteiger partial charge >= 0.3 is 0 Å². The third-order valence-electron chi connectivity index (χ3n) is 3.05. The molecule has 0 unspecified atom stereocenters. The molecule has 16 heavy (non-hydrogen) atoms. The molecule has 4 heteroatoms. The van der Waals surface area contributed by atoms with E-state index in [1.54, 1.807) is 6.07 Å². The van der Waals surface area contributed by atoms with E-state index in [0.717, 1.165) is 37.9 Å². The van der Waals surface area contributed by atoms with Gasteiger partial charge in [-0.2, -0.15) is 0 Å². The predicted molar refractivity (Wildman–Crippen MR) is 62.4 cm³/mol. The van der Waals surface area contributed by atoms with Crippen molar-refractivity contribution in [3.05, 3.63) is 28.5 Å². The summed E-state index contributed by atoms with van der Waals surface area (Å²) in [6.45, 7) is 2.04. The van der Waals surface area contributed by atoms with Gasteiger partial charge in [-0.1, -0.05) is 11.6 Å². The Morgan fingerprint density at radius 3 is 2.69 bits per heavy atom. The number of piperidine rings is 1. The van der Waals surface area contributed by atoms with Crippen molar-refractivity contribution in [1.82, 2.24) is 5.32 Å². The normalized spacial score (nSPS) is 17.6. The first-order valence-electron chi connectivity index (χ1n) is 5.54. The minimum Gasteiger partial charge on any atom is -0.506 e. The number of nitrogens with one attached hydrogen (secondary N) is 1. The largest absolute Gasteiger partial charge is 0.506 e. The molecule has 0 aliphatic carbocycles. The summed E-state index contributed by atoms with van der Waals surface area (Å²) in [6.07, 6.45) is 3.01. The number of halogens is 2. The lowest BCUT2D eigenvalue weighted by Gasteiger charge is -2.22. The number of phenols is 1. The highest BCUT2D eigenvalue weighted by atomic mass is 35.5. The van der Waals surface area contributed by atoms with Crippen LogP contribution in [0.3, 0.4) is 0 Å². The average Bonchev–Trinajstić information content (AvgIpc) is 2.27. The molecule has 2 N–H and O–H groups in total. The molecule has 1 fully saturated rings. The zero-order valence-corrected chi connectivity index (χ0v) is 9.73. The molecule has 1 aromatic rings. The van der Waals surface area contributed by atoms with Crippen molar-refractivity contribution >= 4 is 11.6 Å². The molecule has 2 rings (SSSR count). The van der Waals surface area contributed by atoms with Crippen LogP contribution < -0.4 is 5.32 Å². The lowest BCUT2D eigenvalue weighted by atomic mass is 9.91. The van der Waals surface area contributed by atoms with E-state index in [4.69, 9.17) is 11.6 Å². The summed E-state index contributed by atoms with van der Waals surface area (Å²) >= 11 is 5.56. The smallest absolute Gasteiger partial charge is 0.145 e. The first-order chi connectivity index (χ1) is 7.66. The van der Waals surface area contributed by atoms with Crippen LogP contribution in [-0.2, 0) is 6.42 Å². The van der Waals surface area contributed by atoms with Gasteiger partial charge in [-0.3, -0.25) is 0 Å². The Bertz CT molecular complexity index is 354. The molecule has 88 valence electrons. The van der Waals surface area contributed by atoms with Gasteiger partial charge in [0.25, 0.3) is 0 Å². The van der Waals surface area contributed by atoms with Gasteiger partial charge in [-0.15, -0.1) is 0 Å². The van der Waals surface area contributed by atoms with Crippen molar-refractivity contribution in [3.8, 4) is 5.75 Å². The molecule has 2 nitrogen and oxygen atoms in total. The van der Waals surface area contributed by atoms with Gasteiger partial charge in [-0.25, -0.2) is 4.39 Å². The van der Waals surface area contributed by atoms with E-state index in [0.29, 0.717) is 5.92 Å². The minimum atomic E-state index is -0.536. The van der Waals surface area contributed by atoms with Crippen LogP contribution in [0, 0.1) is 11.7 Å². The molecule has 1 aliphatic rings. The Hall–Kier alpha value is -0.800. The van der Waals surface area contributed by atoms with Crippen LogP contribution in [0.25, 0.3) is 0 Å². The average molecular weight is 244 g/mol. The van der Waals surface area contributed by atoms with Gasteiger partial charge < -0.3 is 10.4 Å². The Labute approximate surface area is 99.4 Å². The van der Waals surface area contributed by atoms with E-state index in [2.05, 4.69) is 5.32 Å². The van der Waals surface area contributed by atoms with Crippen LogP contribution >= 0.6 is 11.6 Å². The number of hydrogen-bond acceptors (Lipinski definition) is 2. The Morgan fingerprint density at radius 1 is 1.38 bits per heavy atom. The van der Waals surface area contributed by atoms with Crippen molar-refractivity contribution < 1.29 is 9.50 Å². The summed E-state index contributed by atoms with van der Waals surface area (Å²) in [6, 6.07) is 2.98. The number of hydrogen-bond donors (Lipinski definition) is 2. The SMILES string of the molecule is Oc1cc(CC2CCNCC2)cc(F)c1Cl. The molecule has 1 saturated heterocycles. The van der Waals surface area contributed by atoms with Gasteiger partial charge in [0.15, 0.2) is 0 Å². The first kappa shape index (κ1) is 11.7. The van der Waals surface area contributed by atoms with Crippen LogP contribution in [0.15, 0.2) is 12.1 Å². The maximum absolute atomic E-state index is 13.3. The van der Waals surface area contributed by atoms with Crippen molar-refractivity contribution in [2.75, 3.05) is 13.1 Å². The number of aromatic hydroxyl groups is 1. The predicted octanol–water partition coefficient (Wildman–Crippen LogP) is 2.73. The van der Waals surface area contributed by atoms with E-state index in [9.17, 15) is 9.50 Å². The lowest BCUT2D eigenvalue weighted by Crippen LogP contribution is -2.28. The number of phenolic OH excluding ortho intramolecular Hbond substituents is 1. The second-order valence-electron chi connectivity index (χ2n) is 4.31. The highest BCUT2D eigenvalue weighted by Gasteiger charge is 2.15. The lowest BCUT2D eigenvalue weighted by molar-refractivity contribution is 0.371. The molecular formula is C12H15ClFNO. The number of rotatable bonds is 2. The first-order valence-corrected chi connectivity index (χ1v) is 5.92. The molecule has 1 aliphatic heterocycles. The van der Waals surface area contributed by atoms with E-state index in [1.807, 2.05) is 0 Å². The zero-order valence-electron chi connectivity index (χ0n) is 8.97. The van der Waals surface area contributed by atoms with Crippen molar-refractivity contribution in [2.45, 2.75) is 19.3 Å². The fourth-order valence-electron chi connectivity index (χ4n) is 2.17. The summed E-state index contributed by atoms with van der Waals surface area (Å²) < 4.78 is 13.3. The fraction of sp³-hybridized carbons (Fsp3) is 0.500. The molecule has 0 amide bonds. The molecule has 1 aromatic carbocycles. The van der Waals surface area contributed by atoms with Gasteiger partial charge in [0, 0.05) is 0 Å². The zero-order chi connectivity index (χ0) is 11.5. The van der Waals surface area contributed by atoms with Crippen LogP contribution in [0.4, 0.5) is 4.39 Å². The Balaban J connectivity index is 2.09. The third kappa shape index (κ3) is 2.66. The molecule has 1 heterocycles. The van der Waals surface area contributed by atoms with E-state index in [-0.39, 0.29) is 10.8 Å². The van der Waals surface area contributed by atoms with Crippen molar-refractivity contribution in [2.24, 2.45) is 5.92 Å². The molecule has 0 spiro atoms. The maximum Gasteiger partial charge on any atom is 0.145 e. The molecule has 0 atom stereocenters. The second-order valence-corrected chi connectivity index (χ2v) is 4.69.